The van der Waals surface area contributed by atoms with Crippen molar-refractivity contribution in [2.45, 2.75) is 70.4 Å². The summed E-state index contributed by atoms with van der Waals surface area (Å²) in [6, 6.07) is 8.67. The number of esters is 1. The van der Waals surface area contributed by atoms with Crippen LogP contribution in [0.1, 0.15) is 68.6 Å². The number of carbonyl (C=O) groups excluding carboxylic acids is 2. The number of amides is 1. The van der Waals surface area contributed by atoms with Gasteiger partial charge in [0.25, 0.3) is 5.91 Å². The predicted molar refractivity (Wildman–Crippen MR) is 151 cm³/mol. The van der Waals surface area contributed by atoms with E-state index >= 15 is 0 Å². The SMILES string of the molecule is CCCOC(=O)CCC[C@H]1[C@H]2CCCN3CCC[C@H](CN1C(=O)c1ccc(N(CCCl)CCCl)cc1)[C@@H]23. The first kappa shape index (κ1) is 28.5. The average Bonchev–Trinajstić information content (AvgIpc) is 2.92. The van der Waals surface area contributed by atoms with Crippen molar-refractivity contribution < 1.29 is 14.3 Å². The molecule has 1 aromatic carbocycles. The topological polar surface area (TPSA) is 53.1 Å². The maximum absolute atomic E-state index is 14.0. The van der Waals surface area contributed by atoms with Crippen molar-refractivity contribution in [3.05, 3.63) is 29.8 Å². The van der Waals surface area contributed by atoms with Crippen LogP contribution in [0.5, 0.6) is 0 Å². The molecule has 0 spiro atoms. The van der Waals surface area contributed by atoms with E-state index in [0.29, 0.717) is 42.7 Å². The maximum atomic E-state index is 14.0. The standard InChI is InChI=1S/C29H43Cl2N3O3/c1-2-20-37-27(35)9-3-8-26-25-7-5-17-33-16-4-6-23(28(25)33)21-34(26)29(36)22-10-12-24(13-11-22)32(18-14-30)19-15-31/h10-13,23,25-26,28H,2-9,14-21H2,1H3/t23-,25-,26+,28+/m1/s1. The third-order valence-corrected chi connectivity index (χ3v) is 8.81. The number of piperidine rings is 3. The zero-order valence-corrected chi connectivity index (χ0v) is 23.8. The molecule has 0 unspecified atom stereocenters. The largest absolute Gasteiger partial charge is 0.466 e. The Balaban J connectivity index is 1.51. The summed E-state index contributed by atoms with van der Waals surface area (Å²) in [5.41, 5.74) is 1.77. The van der Waals surface area contributed by atoms with Gasteiger partial charge >= 0.3 is 5.97 Å². The number of hydrogen-bond donors (Lipinski definition) is 0. The summed E-state index contributed by atoms with van der Waals surface area (Å²) in [5.74, 6) is 2.07. The van der Waals surface area contributed by atoms with Gasteiger partial charge in [-0.25, -0.2) is 0 Å². The molecule has 4 atom stereocenters. The van der Waals surface area contributed by atoms with E-state index in [1.807, 2.05) is 31.2 Å². The Bertz CT molecular complexity index is 876. The summed E-state index contributed by atoms with van der Waals surface area (Å²) in [4.78, 5) is 33.2. The number of rotatable bonds is 12. The summed E-state index contributed by atoms with van der Waals surface area (Å²) >= 11 is 12.0. The predicted octanol–water partition coefficient (Wildman–Crippen LogP) is 5.41. The second kappa shape index (κ2) is 14.0. The Morgan fingerprint density at radius 1 is 1.05 bits per heavy atom. The highest BCUT2D eigenvalue weighted by Crippen LogP contribution is 2.43. The summed E-state index contributed by atoms with van der Waals surface area (Å²) in [5, 5.41) is 0. The molecule has 0 aromatic heterocycles. The fourth-order valence-corrected chi connectivity index (χ4v) is 7.30. The van der Waals surface area contributed by atoms with Crippen LogP contribution in [-0.2, 0) is 9.53 Å². The van der Waals surface area contributed by atoms with Crippen molar-refractivity contribution in [3.63, 3.8) is 0 Å². The molecule has 4 rings (SSSR count). The zero-order chi connectivity index (χ0) is 26.2. The van der Waals surface area contributed by atoms with Crippen molar-refractivity contribution >= 4 is 40.8 Å². The number of hydrogen-bond acceptors (Lipinski definition) is 5. The van der Waals surface area contributed by atoms with E-state index < -0.39 is 0 Å². The van der Waals surface area contributed by atoms with Crippen LogP contribution in [0.3, 0.4) is 0 Å². The highest BCUT2D eigenvalue weighted by molar-refractivity contribution is 6.18. The molecule has 1 aromatic rings. The lowest BCUT2D eigenvalue weighted by Gasteiger charge is -2.57. The molecular formula is C29H43Cl2N3O3. The zero-order valence-electron chi connectivity index (χ0n) is 22.3. The number of benzene rings is 1. The quantitative estimate of drug-likeness (QED) is 0.257. The second-order valence-corrected chi connectivity index (χ2v) is 11.5. The Hall–Kier alpha value is -1.50. The van der Waals surface area contributed by atoms with Gasteiger partial charge in [0.05, 0.1) is 6.61 Å². The fourth-order valence-electron chi connectivity index (χ4n) is 6.90. The molecule has 3 aliphatic heterocycles. The van der Waals surface area contributed by atoms with Gasteiger partial charge in [-0.3, -0.25) is 14.5 Å². The number of alkyl halides is 2. The lowest BCUT2D eigenvalue weighted by molar-refractivity contribution is -0.143. The monoisotopic (exact) mass is 551 g/mol. The number of likely N-dealkylation sites (tertiary alicyclic amines) is 1. The van der Waals surface area contributed by atoms with E-state index in [-0.39, 0.29) is 17.9 Å². The second-order valence-electron chi connectivity index (χ2n) is 10.8. The smallest absolute Gasteiger partial charge is 0.305 e. The molecule has 0 bridgehead atoms. The fraction of sp³-hybridized carbons (Fsp3) is 0.724. The molecule has 8 heteroatoms. The average molecular weight is 553 g/mol. The maximum Gasteiger partial charge on any atom is 0.305 e. The van der Waals surface area contributed by atoms with Gasteiger partial charge in [0.1, 0.15) is 0 Å². The Morgan fingerprint density at radius 3 is 2.43 bits per heavy atom. The normalized spacial score (nSPS) is 25.4. The molecule has 3 fully saturated rings. The van der Waals surface area contributed by atoms with Gasteiger partial charge < -0.3 is 14.5 Å². The first-order chi connectivity index (χ1) is 18.1. The lowest BCUT2D eigenvalue weighted by atomic mass is 9.69. The minimum absolute atomic E-state index is 0.118. The van der Waals surface area contributed by atoms with Crippen LogP contribution < -0.4 is 4.90 Å². The van der Waals surface area contributed by atoms with Crippen LogP contribution in [0, 0.1) is 11.8 Å². The summed E-state index contributed by atoms with van der Waals surface area (Å²) in [7, 11) is 0. The Kier molecular flexibility index (Phi) is 10.8. The van der Waals surface area contributed by atoms with Gasteiger partial charge in [-0.2, -0.15) is 0 Å². The minimum Gasteiger partial charge on any atom is -0.466 e. The highest BCUT2D eigenvalue weighted by Gasteiger charge is 2.49. The van der Waals surface area contributed by atoms with Crippen molar-refractivity contribution in [2.24, 2.45) is 11.8 Å². The first-order valence-corrected chi connectivity index (χ1v) is 15.3. The molecule has 3 aliphatic rings. The molecule has 1 amide bonds. The van der Waals surface area contributed by atoms with Crippen molar-refractivity contribution in [3.8, 4) is 0 Å². The van der Waals surface area contributed by atoms with Gasteiger partial charge in [-0.15, -0.1) is 23.2 Å². The Morgan fingerprint density at radius 2 is 1.76 bits per heavy atom. The molecule has 6 nitrogen and oxygen atoms in total. The summed E-state index contributed by atoms with van der Waals surface area (Å²) < 4.78 is 5.31. The number of halogens is 2. The van der Waals surface area contributed by atoms with E-state index in [4.69, 9.17) is 27.9 Å². The highest BCUT2D eigenvalue weighted by atomic mass is 35.5. The molecule has 3 heterocycles. The van der Waals surface area contributed by atoms with Gasteiger partial charge in [-0.05, 0) is 94.1 Å². The van der Waals surface area contributed by atoms with Crippen LogP contribution in [0.4, 0.5) is 5.69 Å². The van der Waals surface area contributed by atoms with Crippen molar-refractivity contribution in [2.75, 3.05) is 56.0 Å². The first-order valence-electron chi connectivity index (χ1n) is 14.2. The van der Waals surface area contributed by atoms with Gasteiger partial charge in [-0.1, -0.05) is 6.92 Å². The van der Waals surface area contributed by atoms with Gasteiger partial charge in [0.2, 0.25) is 0 Å². The van der Waals surface area contributed by atoms with E-state index in [1.54, 1.807) is 0 Å². The molecule has 0 aliphatic carbocycles. The van der Waals surface area contributed by atoms with Crippen LogP contribution >= 0.6 is 23.2 Å². The van der Waals surface area contributed by atoms with Crippen molar-refractivity contribution in [1.82, 2.24) is 9.80 Å². The van der Waals surface area contributed by atoms with Crippen LogP contribution in [0.2, 0.25) is 0 Å². The van der Waals surface area contributed by atoms with Crippen molar-refractivity contribution in [1.29, 1.82) is 0 Å². The van der Waals surface area contributed by atoms with Gasteiger partial charge in [0.15, 0.2) is 0 Å². The summed E-state index contributed by atoms with van der Waals surface area (Å²) in [6.45, 7) is 7.11. The molecular weight excluding hydrogens is 509 g/mol. The molecule has 0 saturated carbocycles. The third kappa shape index (κ3) is 6.93. The molecule has 206 valence electrons. The third-order valence-electron chi connectivity index (χ3n) is 8.47. The molecule has 37 heavy (non-hydrogen) atoms. The van der Waals surface area contributed by atoms with Crippen LogP contribution in [-0.4, -0.2) is 84.9 Å². The summed E-state index contributed by atoms with van der Waals surface area (Å²) in [6.07, 6.45) is 7.65. The van der Waals surface area contributed by atoms with E-state index in [1.165, 1.54) is 32.4 Å². The number of carbonyl (C=O) groups is 2. The van der Waals surface area contributed by atoms with E-state index in [2.05, 4.69) is 14.7 Å². The molecule has 0 radical (unpaired) electrons. The van der Waals surface area contributed by atoms with E-state index in [0.717, 1.165) is 56.6 Å². The number of ether oxygens (including phenoxy) is 1. The minimum atomic E-state index is -0.120. The number of anilines is 1. The Labute approximate surface area is 232 Å². The number of nitrogens with zero attached hydrogens (tertiary/aromatic N) is 3. The van der Waals surface area contributed by atoms with E-state index in [9.17, 15) is 9.59 Å². The van der Waals surface area contributed by atoms with Crippen LogP contribution in [0.25, 0.3) is 0 Å². The van der Waals surface area contributed by atoms with Gasteiger partial charge in [0, 0.05) is 61.1 Å². The lowest BCUT2D eigenvalue weighted by Crippen LogP contribution is -2.65. The molecule has 3 saturated heterocycles. The molecule has 0 N–H and O–H groups in total. The van der Waals surface area contributed by atoms with Crippen LogP contribution in [0.15, 0.2) is 24.3 Å².